The van der Waals surface area contributed by atoms with Crippen LogP contribution in [-0.2, 0) is 6.54 Å². The van der Waals surface area contributed by atoms with Crippen LogP contribution in [0.2, 0.25) is 0 Å². The van der Waals surface area contributed by atoms with Crippen LogP contribution in [0.25, 0.3) is 6.20 Å². The van der Waals surface area contributed by atoms with Gasteiger partial charge in [0.1, 0.15) is 0 Å². The van der Waals surface area contributed by atoms with Crippen molar-refractivity contribution in [3.63, 3.8) is 0 Å². The van der Waals surface area contributed by atoms with Crippen molar-refractivity contribution in [1.29, 1.82) is 0 Å². The average Bonchev–Trinajstić information content (AvgIpc) is 2.84. The monoisotopic (exact) mass is 233 g/mol. The van der Waals surface area contributed by atoms with Crippen LogP contribution >= 0.6 is 0 Å². The van der Waals surface area contributed by atoms with Gasteiger partial charge in [-0.05, 0) is 18.8 Å². The molecule has 1 aliphatic carbocycles. The molecule has 0 bridgehead atoms. The molecule has 1 N–H and O–H groups in total. The topological polar surface area (TPSA) is 29.9 Å². The highest BCUT2D eigenvalue weighted by Gasteiger charge is 2.22. The minimum Gasteiger partial charge on any atom is -0.310 e. The first-order valence-electron chi connectivity index (χ1n) is 6.72. The summed E-state index contributed by atoms with van der Waals surface area (Å²) in [6.07, 6.45) is 12.5. The van der Waals surface area contributed by atoms with Gasteiger partial charge in [0.25, 0.3) is 0 Å². The zero-order chi connectivity index (χ0) is 12.1. The van der Waals surface area contributed by atoms with Gasteiger partial charge in [0, 0.05) is 30.5 Å². The van der Waals surface area contributed by atoms with Gasteiger partial charge in [-0.3, -0.25) is 0 Å². The molecule has 17 heavy (non-hydrogen) atoms. The van der Waals surface area contributed by atoms with Gasteiger partial charge in [-0.15, -0.1) is 0 Å². The van der Waals surface area contributed by atoms with E-state index in [2.05, 4.69) is 23.9 Å². The molecule has 3 nitrogen and oxygen atoms in total. The Morgan fingerprint density at radius 3 is 3.06 bits per heavy atom. The van der Waals surface area contributed by atoms with Crippen molar-refractivity contribution in [2.75, 3.05) is 0 Å². The fourth-order valence-corrected chi connectivity index (χ4v) is 2.78. The standard InChI is InChI=1S/C14H23N3/c1-3-13-7-5-6-8-14(13)15-9-12-10-16-17(4-2)11-12/h4,10-11,13-15H,2-3,5-9H2,1H3. The highest BCUT2D eigenvalue weighted by Crippen LogP contribution is 2.26. The summed E-state index contributed by atoms with van der Waals surface area (Å²) < 4.78 is 1.76. The van der Waals surface area contributed by atoms with Crippen molar-refractivity contribution in [3.05, 3.63) is 24.5 Å². The van der Waals surface area contributed by atoms with Crippen LogP contribution in [0.1, 0.15) is 44.6 Å². The molecule has 3 heteroatoms. The number of rotatable bonds is 5. The summed E-state index contributed by atoms with van der Waals surface area (Å²) in [4.78, 5) is 0. The smallest absolute Gasteiger partial charge is 0.0538 e. The van der Waals surface area contributed by atoms with Crippen LogP contribution in [0.4, 0.5) is 0 Å². The summed E-state index contributed by atoms with van der Waals surface area (Å²) in [6.45, 7) is 6.93. The third-order valence-electron chi connectivity index (χ3n) is 3.84. The number of hydrogen-bond acceptors (Lipinski definition) is 2. The highest BCUT2D eigenvalue weighted by molar-refractivity contribution is 5.17. The summed E-state index contributed by atoms with van der Waals surface area (Å²) in [7, 11) is 0. The van der Waals surface area contributed by atoms with Crippen molar-refractivity contribution < 1.29 is 0 Å². The van der Waals surface area contributed by atoms with Crippen LogP contribution in [0.3, 0.4) is 0 Å². The molecule has 1 heterocycles. The maximum Gasteiger partial charge on any atom is 0.0538 e. The molecular formula is C14H23N3. The lowest BCUT2D eigenvalue weighted by Crippen LogP contribution is -2.37. The molecule has 1 saturated carbocycles. The molecule has 1 fully saturated rings. The number of hydrogen-bond donors (Lipinski definition) is 1. The lowest BCUT2D eigenvalue weighted by molar-refractivity contribution is 0.254. The summed E-state index contributed by atoms with van der Waals surface area (Å²) in [6, 6.07) is 0.695. The van der Waals surface area contributed by atoms with Gasteiger partial charge < -0.3 is 5.32 Å². The Hall–Kier alpha value is -1.09. The first-order chi connectivity index (χ1) is 8.33. The van der Waals surface area contributed by atoms with Crippen LogP contribution in [0.15, 0.2) is 19.0 Å². The maximum atomic E-state index is 4.20. The largest absolute Gasteiger partial charge is 0.310 e. The first-order valence-corrected chi connectivity index (χ1v) is 6.72. The minimum atomic E-state index is 0.695. The van der Waals surface area contributed by atoms with Crippen molar-refractivity contribution in [1.82, 2.24) is 15.1 Å². The van der Waals surface area contributed by atoms with Gasteiger partial charge in [-0.1, -0.05) is 32.8 Å². The quantitative estimate of drug-likeness (QED) is 0.847. The number of nitrogens with one attached hydrogen (secondary N) is 1. The van der Waals surface area contributed by atoms with E-state index in [0.717, 1.165) is 12.5 Å². The summed E-state index contributed by atoms with van der Waals surface area (Å²) in [5, 5.41) is 7.88. The Morgan fingerprint density at radius 2 is 2.35 bits per heavy atom. The van der Waals surface area contributed by atoms with E-state index in [1.165, 1.54) is 37.7 Å². The van der Waals surface area contributed by atoms with Gasteiger partial charge in [-0.25, -0.2) is 4.68 Å². The molecule has 2 rings (SSSR count). The first kappa shape index (κ1) is 12.4. The van der Waals surface area contributed by atoms with Gasteiger partial charge in [0.15, 0.2) is 0 Å². The van der Waals surface area contributed by atoms with E-state index >= 15 is 0 Å². The van der Waals surface area contributed by atoms with Gasteiger partial charge in [-0.2, -0.15) is 5.10 Å². The van der Waals surface area contributed by atoms with Crippen LogP contribution in [0.5, 0.6) is 0 Å². The van der Waals surface area contributed by atoms with Gasteiger partial charge in [0.2, 0.25) is 0 Å². The molecule has 1 aromatic rings. The van der Waals surface area contributed by atoms with E-state index in [9.17, 15) is 0 Å². The van der Waals surface area contributed by atoms with Crippen molar-refractivity contribution in [2.24, 2.45) is 5.92 Å². The Bertz CT molecular complexity index is 356. The second-order valence-corrected chi connectivity index (χ2v) is 4.95. The third-order valence-corrected chi connectivity index (χ3v) is 3.84. The van der Waals surface area contributed by atoms with Crippen molar-refractivity contribution in [3.8, 4) is 0 Å². The Balaban J connectivity index is 1.85. The van der Waals surface area contributed by atoms with E-state index < -0.39 is 0 Å². The fourth-order valence-electron chi connectivity index (χ4n) is 2.78. The second kappa shape index (κ2) is 6.01. The minimum absolute atomic E-state index is 0.695. The lowest BCUT2D eigenvalue weighted by atomic mass is 9.83. The predicted octanol–water partition coefficient (Wildman–Crippen LogP) is 3.04. The fraction of sp³-hybridized carbons (Fsp3) is 0.643. The molecule has 2 atom stereocenters. The van der Waals surface area contributed by atoms with E-state index in [-0.39, 0.29) is 0 Å². The maximum absolute atomic E-state index is 4.20. The number of nitrogens with zero attached hydrogens (tertiary/aromatic N) is 2. The van der Waals surface area contributed by atoms with Crippen LogP contribution < -0.4 is 5.32 Å². The van der Waals surface area contributed by atoms with Gasteiger partial charge in [0.05, 0.1) is 6.20 Å². The second-order valence-electron chi connectivity index (χ2n) is 4.95. The van der Waals surface area contributed by atoms with Crippen LogP contribution in [-0.4, -0.2) is 15.8 Å². The molecule has 0 spiro atoms. The number of aromatic nitrogens is 2. The molecule has 0 amide bonds. The molecule has 1 aliphatic rings. The van der Waals surface area contributed by atoms with Crippen molar-refractivity contribution in [2.45, 2.75) is 51.6 Å². The molecule has 0 radical (unpaired) electrons. The van der Waals surface area contributed by atoms with E-state index in [0.29, 0.717) is 6.04 Å². The van der Waals surface area contributed by atoms with E-state index in [1.807, 2.05) is 12.4 Å². The zero-order valence-electron chi connectivity index (χ0n) is 10.7. The molecule has 0 aromatic carbocycles. The summed E-state index contributed by atoms with van der Waals surface area (Å²) in [5.74, 6) is 0.859. The van der Waals surface area contributed by atoms with E-state index in [1.54, 1.807) is 10.9 Å². The molecule has 0 aliphatic heterocycles. The Labute approximate surface area is 104 Å². The van der Waals surface area contributed by atoms with Crippen LogP contribution in [0, 0.1) is 5.92 Å². The Kier molecular flexibility index (Phi) is 4.37. The molecule has 1 aromatic heterocycles. The predicted molar refractivity (Wildman–Crippen MR) is 71.5 cm³/mol. The lowest BCUT2D eigenvalue weighted by Gasteiger charge is -2.31. The molecule has 0 saturated heterocycles. The SMILES string of the molecule is C=Cn1cc(CNC2CCCCC2CC)cn1. The Morgan fingerprint density at radius 1 is 1.53 bits per heavy atom. The summed E-state index contributed by atoms with van der Waals surface area (Å²) >= 11 is 0. The summed E-state index contributed by atoms with van der Waals surface area (Å²) in [5.41, 5.74) is 1.24. The normalized spacial score (nSPS) is 24.8. The highest BCUT2D eigenvalue weighted by atomic mass is 15.2. The zero-order valence-corrected chi connectivity index (χ0v) is 10.7. The van der Waals surface area contributed by atoms with Crippen molar-refractivity contribution >= 4 is 6.20 Å². The third kappa shape index (κ3) is 3.19. The average molecular weight is 233 g/mol. The van der Waals surface area contributed by atoms with E-state index in [4.69, 9.17) is 0 Å². The molecule has 2 unspecified atom stereocenters. The molecule has 94 valence electrons. The van der Waals surface area contributed by atoms with Gasteiger partial charge >= 0.3 is 0 Å². The molecular weight excluding hydrogens is 210 g/mol.